The number of unbranched alkanes of at least 4 members (excludes halogenated alkanes) is 2. The first-order valence-electron chi connectivity index (χ1n) is 10.2. The zero-order valence-corrected chi connectivity index (χ0v) is 18.3. The molecule has 168 valence electrons. The Kier molecular flexibility index (Phi) is 13.5. The fourth-order valence-electron chi connectivity index (χ4n) is 2.04. The summed E-state index contributed by atoms with van der Waals surface area (Å²) in [5.74, 6) is -1.65. The molecule has 0 spiro atoms. The van der Waals surface area contributed by atoms with Crippen molar-refractivity contribution >= 4 is 23.9 Å². The summed E-state index contributed by atoms with van der Waals surface area (Å²) < 4.78 is 15.3. The van der Waals surface area contributed by atoms with Gasteiger partial charge in [0.1, 0.15) is 18.2 Å². The smallest absolute Gasteiger partial charge is 0.408 e. The monoisotopic (exact) mass is 416 g/mol. The highest BCUT2D eigenvalue weighted by molar-refractivity contribution is 5.87. The van der Waals surface area contributed by atoms with Crippen molar-refractivity contribution in [2.45, 2.75) is 84.8 Å². The zero-order chi connectivity index (χ0) is 22.3. The first-order chi connectivity index (χ1) is 13.6. The molecule has 0 aliphatic carbocycles. The predicted octanol–water partition coefficient (Wildman–Crippen LogP) is 2.46. The van der Waals surface area contributed by atoms with E-state index in [-0.39, 0.29) is 26.0 Å². The molecule has 2 amide bonds. The van der Waals surface area contributed by atoms with Crippen LogP contribution >= 0.6 is 0 Å². The molecule has 1 unspecified atom stereocenters. The number of esters is 2. The predicted molar refractivity (Wildman–Crippen MR) is 107 cm³/mol. The van der Waals surface area contributed by atoms with Crippen LogP contribution in [0.2, 0.25) is 0 Å². The second-order valence-corrected chi connectivity index (χ2v) is 7.61. The van der Waals surface area contributed by atoms with Crippen LogP contribution in [0.15, 0.2) is 0 Å². The zero-order valence-electron chi connectivity index (χ0n) is 18.3. The summed E-state index contributed by atoms with van der Waals surface area (Å²) in [7, 11) is 0. The number of amides is 2. The van der Waals surface area contributed by atoms with Gasteiger partial charge < -0.3 is 24.8 Å². The lowest BCUT2D eigenvalue weighted by atomic mass is 10.1. The molecule has 0 radical (unpaired) electrons. The standard InChI is InChI=1S/C20H36N2O7/c1-6-8-12-27-17(24)11-10-15(18(25)28-13-9-7-2)22-16(23)14-21-19(26)29-20(3,4)5/h15H,6-14H2,1-5H3,(H,21,26)(H,22,23). The minimum Gasteiger partial charge on any atom is -0.466 e. The van der Waals surface area contributed by atoms with Gasteiger partial charge in [0.15, 0.2) is 0 Å². The molecule has 0 heterocycles. The van der Waals surface area contributed by atoms with Crippen molar-refractivity contribution in [1.29, 1.82) is 0 Å². The summed E-state index contributed by atoms with van der Waals surface area (Å²) in [5.41, 5.74) is -0.690. The Hall–Kier alpha value is -2.32. The summed E-state index contributed by atoms with van der Waals surface area (Å²) in [6.07, 6.45) is 2.50. The molecule has 0 aliphatic rings. The highest BCUT2D eigenvalue weighted by Gasteiger charge is 2.24. The lowest BCUT2D eigenvalue weighted by Crippen LogP contribution is -2.47. The third-order valence-corrected chi connectivity index (χ3v) is 3.55. The van der Waals surface area contributed by atoms with Crippen LogP contribution in [0.3, 0.4) is 0 Å². The first-order valence-corrected chi connectivity index (χ1v) is 10.2. The molecule has 0 bridgehead atoms. The van der Waals surface area contributed by atoms with Gasteiger partial charge >= 0.3 is 18.0 Å². The maximum absolute atomic E-state index is 12.3. The van der Waals surface area contributed by atoms with Gasteiger partial charge in [-0.1, -0.05) is 26.7 Å². The Balaban J connectivity index is 4.62. The number of rotatable bonds is 13. The molecule has 9 heteroatoms. The van der Waals surface area contributed by atoms with Crippen molar-refractivity contribution in [3.63, 3.8) is 0 Å². The van der Waals surface area contributed by atoms with Gasteiger partial charge in [0.05, 0.1) is 13.2 Å². The number of carbonyl (C=O) groups is 4. The number of alkyl carbamates (subject to hydrolysis) is 1. The van der Waals surface area contributed by atoms with E-state index in [2.05, 4.69) is 10.6 Å². The average molecular weight is 417 g/mol. The molecule has 0 saturated heterocycles. The molecular weight excluding hydrogens is 380 g/mol. The minimum atomic E-state index is -1.00. The SMILES string of the molecule is CCCCOC(=O)CCC(NC(=O)CNC(=O)OC(C)(C)C)C(=O)OCCCC. The van der Waals surface area contributed by atoms with E-state index in [1.165, 1.54) is 0 Å². The molecule has 0 aliphatic heterocycles. The van der Waals surface area contributed by atoms with Crippen LogP contribution in [0.25, 0.3) is 0 Å². The molecule has 0 fully saturated rings. The molecule has 29 heavy (non-hydrogen) atoms. The summed E-state index contributed by atoms with van der Waals surface area (Å²) in [4.78, 5) is 47.8. The largest absolute Gasteiger partial charge is 0.466 e. The van der Waals surface area contributed by atoms with Crippen LogP contribution in [-0.4, -0.2) is 55.3 Å². The van der Waals surface area contributed by atoms with Gasteiger partial charge in [-0.25, -0.2) is 9.59 Å². The van der Waals surface area contributed by atoms with Crippen LogP contribution in [0.1, 0.15) is 73.1 Å². The second kappa shape index (κ2) is 14.6. The van der Waals surface area contributed by atoms with Gasteiger partial charge in [-0.2, -0.15) is 0 Å². The van der Waals surface area contributed by atoms with Crippen LogP contribution in [0, 0.1) is 0 Å². The summed E-state index contributed by atoms with van der Waals surface area (Å²) in [5, 5.41) is 4.81. The number of hydrogen-bond donors (Lipinski definition) is 2. The van der Waals surface area contributed by atoms with E-state index in [0.29, 0.717) is 13.0 Å². The Bertz CT molecular complexity index is 529. The molecule has 0 saturated carbocycles. The number of carbonyl (C=O) groups excluding carboxylic acids is 4. The van der Waals surface area contributed by atoms with E-state index in [4.69, 9.17) is 14.2 Å². The Morgan fingerprint density at radius 3 is 2.07 bits per heavy atom. The maximum Gasteiger partial charge on any atom is 0.408 e. The molecule has 0 aromatic carbocycles. The van der Waals surface area contributed by atoms with Gasteiger partial charge in [-0.05, 0) is 40.0 Å². The average Bonchev–Trinajstić information content (AvgIpc) is 2.62. The Morgan fingerprint density at radius 1 is 0.931 bits per heavy atom. The maximum atomic E-state index is 12.3. The lowest BCUT2D eigenvalue weighted by molar-refractivity contribution is -0.149. The van der Waals surface area contributed by atoms with Gasteiger partial charge in [-0.3, -0.25) is 9.59 Å². The van der Waals surface area contributed by atoms with E-state index >= 15 is 0 Å². The van der Waals surface area contributed by atoms with Gasteiger partial charge in [0.25, 0.3) is 0 Å². The molecule has 2 N–H and O–H groups in total. The topological polar surface area (TPSA) is 120 Å². The van der Waals surface area contributed by atoms with Crippen molar-refractivity contribution in [3.05, 3.63) is 0 Å². The van der Waals surface area contributed by atoms with Crippen LogP contribution in [0.4, 0.5) is 4.79 Å². The van der Waals surface area contributed by atoms with Gasteiger partial charge in [0, 0.05) is 6.42 Å². The third kappa shape index (κ3) is 15.3. The van der Waals surface area contributed by atoms with Gasteiger partial charge in [0.2, 0.25) is 5.91 Å². The lowest BCUT2D eigenvalue weighted by Gasteiger charge is -2.20. The van der Waals surface area contributed by atoms with E-state index in [1.807, 2.05) is 13.8 Å². The van der Waals surface area contributed by atoms with Crippen LogP contribution in [-0.2, 0) is 28.6 Å². The van der Waals surface area contributed by atoms with E-state index in [1.54, 1.807) is 20.8 Å². The summed E-state index contributed by atoms with van der Waals surface area (Å²) in [6, 6.07) is -1.00. The fourth-order valence-corrected chi connectivity index (χ4v) is 2.04. The second-order valence-electron chi connectivity index (χ2n) is 7.61. The highest BCUT2D eigenvalue weighted by Crippen LogP contribution is 2.06. The Morgan fingerprint density at radius 2 is 1.52 bits per heavy atom. The number of ether oxygens (including phenoxy) is 3. The van der Waals surface area contributed by atoms with E-state index in [9.17, 15) is 19.2 Å². The minimum absolute atomic E-state index is 0.0307. The molecular formula is C20H36N2O7. The molecule has 0 rings (SSSR count). The molecule has 1 atom stereocenters. The van der Waals surface area contributed by atoms with Crippen LogP contribution < -0.4 is 10.6 Å². The van der Waals surface area contributed by atoms with E-state index < -0.39 is 35.6 Å². The van der Waals surface area contributed by atoms with E-state index in [0.717, 1.165) is 19.3 Å². The highest BCUT2D eigenvalue weighted by atomic mass is 16.6. The summed E-state index contributed by atoms with van der Waals surface area (Å²) >= 11 is 0. The van der Waals surface area contributed by atoms with Crippen molar-refractivity contribution < 1.29 is 33.4 Å². The molecule has 0 aromatic heterocycles. The van der Waals surface area contributed by atoms with Crippen LogP contribution in [0.5, 0.6) is 0 Å². The van der Waals surface area contributed by atoms with Crippen molar-refractivity contribution in [2.75, 3.05) is 19.8 Å². The Labute approximate surface area is 173 Å². The quantitative estimate of drug-likeness (QED) is 0.269. The third-order valence-electron chi connectivity index (χ3n) is 3.55. The van der Waals surface area contributed by atoms with Crippen molar-refractivity contribution in [2.24, 2.45) is 0 Å². The summed E-state index contributed by atoms with van der Waals surface area (Å²) in [6.45, 7) is 9.25. The van der Waals surface area contributed by atoms with Crippen molar-refractivity contribution in [1.82, 2.24) is 10.6 Å². The first kappa shape index (κ1) is 26.7. The van der Waals surface area contributed by atoms with Crippen molar-refractivity contribution in [3.8, 4) is 0 Å². The normalized spacial score (nSPS) is 11.9. The number of nitrogens with one attached hydrogen (secondary N) is 2. The molecule has 0 aromatic rings. The molecule has 9 nitrogen and oxygen atoms in total. The van der Waals surface area contributed by atoms with Gasteiger partial charge in [-0.15, -0.1) is 0 Å². The number of hydrogen-bond acceptors (Lipinski definition) is 7. The fraction of sp³-hybridized carbons (Fsp3) is 0.800.